The quantitative estimate of drug-likeness (QED) is 0.695. The number of β-amino-alcohol motifs (C(OH)–C–C–N with tert-alkyl or cyclic N) is 1. The molecular formula is C21H30ClN5O4. The van der Waals surface area contributed by atoms with Gasteiger partial charge >= 0.3 is 12.1 Å². The minimum Gasteiger partial charge on any atom is -0.462 e. The van der Waals surface area contributed by atoms with Gasteiger partial charge in [-0.3, -0.25) is 0 Å². The van der Waals surface area contributed by atoms with Crippen LogP contribution in [0.4, 0.5) is 10.6 Å². The lowest BCUT2D eigenvalue weighted by atomic mass is 9.90. The molecule has 2 atom stereocenters. The minimum atomic E-state index is -0.877. The molecule has 0 radical (unpaired) electrons. The van der Waals surface area contributed by atoms with E-state index in [9.17, 15) is 15.2 Å². The number of carbonyl (C=O) groups is 1. The lowest BCUT2D eigenvalue weighted by Gasteiger charge is -2.37. The van der Waals surface area contributed by atoms with Crippen molar-refractivity contribution in [3.8, 4) is 12.1 Å². The summed E-state index contributed by atoms with van der Waals surface area (Å²) in [6, 6.07) is 3.99. The molecule has 0 spiro atoms. The molecule has 1 aromatic heterocycles. The van der Waals surface area contributed by atoms with Gasteiger partial charge in [0.05, 0.1) is 11.7 Å². The number of likely N-dealkylation sites (tertiary alicyclic amines) is 1. The molecule has 3 rings (SSSR count). The molecule has 1 amide bonds. The van der Waals surface area contributed by atoms with Crippen LogP contribution in [0.1, 0.15) is 47.0 Å². The summed E-state index contributed by atoms with van der Waals surface area (Å²) < 4.78 is 11.2. The smallest absolute Gasteiger partial charge is 0.410 e. The SMILES string of the molecule is CC(C)(C)OC(=O)N1CCC(C#N)(COc2nc(Cl)cc(N3CCC[C@@](C)(O)C3)n2)C1. The van der Waals surface area contributed by atoms with Crippen LogP contribution in [0.25, 0.3) is 0 Å². The molecule has 2 aliphatic rings. The number of ether oxygens (including phenoxy) is 2. The fraction of sp³-hybridized carbons (Fsp3) is 0.714. The molecular weight excluding hydrogens is 422 g/mol. The van der Waals surface area contributed by atoms with Gasteiger partial charge in [-0.1, -0.05) is 11.6 Å². The number of hydrogen-bond donors (Lipinski definition) is 1. The number of carbonyl (C=O) groups excluding carboxylic acids is 1. The standard InChI is InChI=1S/C21H30ClN5O4/c1-19(2,3)31-18(28)27-9-7-21(11-23,13-27)14-30-17-24-15(22)10-16(25-17)26-8-5-6-20(4,29)12-26/h10,29H,5-9,12-14H2,1-4H3/t20-,21?/m1/s1. The number of nitrogens with zero attached hydrogens (tertiary/aromatic N) is 5. The Morgan fingerprint density at radius 3 is 2.71 bits per heavy atom. The maximum absolute atomic E-state index is 12.3. The highest BCUT2D eigenvalue weighted by Gasteiger charge is 2.43. The van der Waals surface area contributed by atoms with Crippen molar-refractivity contribution in [2.45, 2.75) is 58.2 Å². The van der Waals surface area contributed by atoms with Crippen molar-refractivity contribution in [2.24, 2.45) is 5.41 Å². The molecule has 9 nitrogen and oxygen atoms in total. The molecule has 1 aromatic rings. The summed E-state index contributed by atoms with van der Waals surface area (Å²) in [5.74, 6) is 0.572. The molecule has 3 heterocycles. The molecule has 31 heavy (non-hydrogen) atoms. The van der Waals surface area contributed by atoms with Crippen LogP contribution < -0.4 is 9.64 Å². The Balaban J connectivity index is 1.67. The van der Waals surface area contributed by atoms with Crippen molar-refractivity contribution in [1.29, 1.82) is 5.26 Å². The first-order valence-electron chi connectivity index (χ1n) is 10.4. The summed E-state index contributed by atoms with van der Waals surface area (Å²) in [6.07, 6.45) is 1.58. The zero-order chi connectivity index (χ0) is 22.9. The van der Waals surface area contributed by atoms with Gasteiger partial charge in [-0.2, -0.15) is 15.2 Å². The monoisotopic (exact) mass is 451 g/mol. The molecule has 0 aromatic carbocycles. The van der Waals surface area contributed by atoms with Crippen molar-refractivity contribution in [3.05, 3.63) is 11.2 Å². The Labute approximate surface area is 187 Å². The van der Waals surface area contributed by atoms with Gasteiger partial charge in [-0.25, -0.2) is 4.79 Å². The van der Waals surface area contributed by atoms with Gasteiger partial charge in [-0.05, 0) is 47.0 Å². The van der Waals surface area contributed by atoms with E-state index in [1.165, 1.54) is 4.90 Å². The van der Waals surface area contributed by atoms with Crippen molar-refractivity contribution in [3.63, 3.8) is 0 Å². The van der Waals surface area contributed by atoms with E-state index >= 15 is 0 Å². The molecule has 0 bridgehead atoms. The highest BCUT2D eigenvalue weighted by Crippen LogP contribution is 2.32. The number of halogens is 1. The predicted molar refractivity (Wildman–Crippen MR) is 115 cm³/mol. The van der Waals surface area contributed by atoms with Gasteiger partial charge in [0.1, 0.15) is 28.6 Å². The van der Waals surface area contributed by atoms with Crippen LogP contribution in [0.5, 0.6) is 6.01 Å². The molecule has 10 heteroatoms. The maximum Gasteiger partial charge on any atom is 0.410 e. The summed E-state index contributed by atoms with van der Waals surface area (Å²) in [7, 11) is 0. The van der Waals surface area contributed by atoms with E-state index in [1.807, 2.05) is 4.90 Å². The maximum atomic E-state index is 12.3. The van der Waals surface area contributed by atoms with Crippen LogP contribution in [0.15, 0.2) is 6.07 Å². The number of hydrogen-bond acceptors (Lipinski definition) is 8. The van der Waals surface area contributed by atoms with Gasteiger partial charge in [-0.15, -0.1) is 0 Å². The summed E-state index contributed by atoms with van der Waals surface area (Å²) in [5.41, 5.74) is -2.27. The third-order valence-electron chi connectivity index (χ3n) is 5.38. The third kappa shape index (κ3) is 6.11. The van der Waals surface area contributed by atoms with Crippen LogP contribution in [0, 0.1) is 16.7 Å². The van der Waals surface area contributed by atoms with Crippen LogP contribution >= 0.6 is 11.6 Å². The second-order valence-corrected chi connectivity index (χ2v) is 10.1. The Hall–Kier alpha value is -2.31. The summed E-state index contributed by atoms with van der Waals surface area (Å²) in [4.78, 5) is 24.4. The topological polar surface area (TPSA) is 112 Å². The molecule has 2 fully saturated rings. The molecule has 2 saturated heterocycles. The Morgan fingerprint density at radius 2 is 2.06 bits per heavy atom. The average Bonchev–Trinajstić information content (AvgIpc) is 3.09. The molecule has 2 aliphatic heterocycles. The zero-order valence-corrected chi connectivity index (χ0v) is 19.3. The number of amides is 1. The Bertz CT molecular complexity index is 866. The lowest BCUT2D eigenvalue weighted by molar-refractivity contribution is 0.0273. The first-order valence-corrected chi connectivity index (χ1v) is 10.8. The molecule has 0 saturated carbocycles. The fourth-order valence-corrected chi connectivity index (χ4v) is 4.00. The van der Waals surface area contributed by atoms with E-state index in [2.05, 4.69) is 16.0 Å². The fourth-order valence-electron chi connectivity index (χ4n) is 3.83. The summed E-state index contributed by atoms with van der Waals surface area (Å²) in [6.45, 7) is 9.04. The van der Waals surface area contributed by atoms with Crippen LogP contribution in [-0.4, -0.2) is 70.1 Å². The zero-order valence-electron chi connectivity index (χ0n) is 18.5. The highest BCUT2D eigenvalue weighted by atomic mass is 35.5. The molecule has 1 unspecified atom stereocenters. The van der Waals surface area contributed by atoms with E-state index in [0.29, 0.717) is 25.3 Å². The van der Waals surface area contributed by atoms with Crippen LogP contribution in [0.2, 0.25) is 5.15 Å². The largest absolute Gasteiger partial charge is 0.462 e. The van der Waals surface area contributed by atoms with Gasteiger partial charge < -0.3 is 24.4 Å². The Kier molecular flexibility index (Phi) is 6.53. The second kappa shape index (κ2) is 8.67. The first kappa shape index (κ1) is 23.4. The number of piperidine rings is 1. The molecule has 170 valence electrons. The van der Waals surface area contributed by atoms with E-state index in [-0.39, 0.29) is 24.3 Å². The van der Waals surface area contributed by atoms with E-state index in [4.69, 9.17) is 21.1 Å². The number of nitriles is 1. The van der Waals surface area contributed by atoms with E-state index in [1.54, 1.807) is 33.8 Å². The molecule has 1 N–H and O–H groups in total. The van der Waals surface area contributed by atoms with Crippen molar-refractivity contribution in [1.82, 2.24) is 14.9 Å². The number of aromatic nitrogens is 2. The number of rotatable bonds is 4. The minimum absolute atomic E-state index is 0.0281. The van der Waals surface area contributed by atoms with Crippen molar-refractivity contribution >= 4 is 23.5 Å². The summed E-state index contributed by atoms with van der Waals surface area (Å²) >= 11 is 6.18. The van der Waals surface area contributed by atoms with Crippen molar-refractivity contribution < 1.29 is 19.4 Å². The van der Waals surface area contributed by atoms with E-state index in [0.717, 1.165) is 19.4 Å². The third-order valence-corrected chi connectivity index (χ3v) is 5.57. The normalized spacial score (nSPS) is 26.5. The predicted octanol–water partition coefficient (Wildman–Crippen LogP) is 3.01. The highest BCUT2D eigenvalue weighted by molar-refractivity contribution is 6.29. The Morgan fingerprint density at radius 1 is 1.32 bits per heavy atom. The van der Waals surface area contributed by atoms with Crippen molar-refractivity contribution in [2.75, 3.05) is 37.7 Å². The molecule has 0 aliphatic carbocycles. The van der Waals surface area contributed by atoms with E-state index < -0.39 is 22.7 Å². The average molecular weight is 452 g/mol. The second-order valence-electron chi connectivity index (χ2n) is 9.69. The van der Waals surface area contributed by atoms with Gasteiger partial charge in [0.2, 0.25) is 0 Å². The lowest BCUT2D eigenvalue weighted by Crippen LogP contribution is -2.46. The van der Waals surface area contributed by atoms with Gasteiger partial charge in [0.25, 0.3) is 0 Å². The first-order chi connectivity index (χ1) is 14.4. The van der Waals surface area contributed by atoms with Crippen LogP contribution in [0.3, 0.4) is 0 Å². The number of anilines is 1. The van der Waals surface area contributed by atoms with Gasteiger partial charge in [0, 0.05) is 32.2 Å². The van der Waals surface area contributed by atoms with Crippen LogP contribution in [-0.2, 0) is 4.74 Å². The summed E-state index contributed by atoms with van der Waals surface area (Å²) in [5, 5.41) is 20.4. The number of aliphatic hydroxyl groups is 1. The van der Waals surface area contributed by atoms with Gasteiger partial charge in [0.15, 0.2) is 0 Å².